The van der Waals surface area contributed by atoms with Crippen LogP contribution in [-0.2, 0) is 5.41 Å². The number of hydrogen-bond donors (Lipinski definition) is 1. The van der Waals surface area contributed by atoms with Crippen LogP contribution in [0.2, 0.25) is 5.15 Å². The van der Waals surface area contributed by atoms with E-state index in [1.807, 2.05) is 18.2 Å². The molecule has 110 valence electrons. The number of carboxylic acids is 1. The number of nitrogens with zero attached hydrogens (tertiary/aromatic N) is 1. The maximum atomic E-state index is 11.0. The fourth-order valence-corrected chi connectivity index (χ4v) is 2.00. The summed E-state index contributed by atoms with van der Waals surface area (Å²) in [5.41, 5.74) is 1.14. The van der Waals surface area contributed by atoms with Crippen LogP contribution < -0.4 is 4.74 Å². The van der Waals surface area contributed by atoms with Crippen molar-refractivity contribution < 1.29 is 14.6 Å². The summed E-state index contributed by atoms with van der Waals surface area (Å²) in [5, 5.41) is 9.09. The normalized spacial score (nSPS) is 11.2. The van der Waals surface area contributed by atoms with Gasteiger partial charge in [0.1, 0.15) is 10.9 Å². The maximum absolute atomic E-state index is 11.0. The molecule has 1 aromatic carbocycles. The van der Waals surface area contributed by atoms with E-state index in [-0.39, 0.29) is 22.0 Å². The highest BCUT2D eigenvalue weighted by molar-refractivity contribution is 6.29. The van der Waals surface area contributed by atoms with Gasteiger partial charge in [-0.05, 0) is 29.2 Å². The highest BCUT2D eigenvalue weighted by atomic mass is 35.5. The zero-order valence-electron chi connectivity index (χ0n) is 12.1. The van der Waals surface area contributed by atoms with Crippen LogP contribution in [0.1, 0.15) is 36.7 Å². The number of ether oxygens (including phenoxy) is 1. The van der Waals surface area contributed by atoms with Gasteiger partial charge in [-0.2, -0.15) is 0 Å². The first-order valence-electron chi connectivity index (χ1n) is 6.45. The zero-order chi connectivity index (χ0) is 15.6. The fourth-order valence-electron chi connectivity index (χ4n) is 1.80. The van der Waals surface area contributed by atoms with Crippen molar-refractivity contribution in [1.82, 2.24) is 4.98 Å². The zero-order valence-corrected chi connectivity index (χ0v) is 12.8. The standard InChI is InChI=1S/C16H16ClNO3/c1-16(2,3)11-5-4-6-12(9-11)21-14-8-10(15(19)20)7-13(17)18-14/h4-9H,1-3H3,(H,19,20). The van der Waals surface area contributed by atoms with Crippen LogP contribution in [0.3, 0.4) is 0 Å². The van der Waals surface area contributed by atoms with Gasteiger partial charge in [-0.25, -0.2) is 9.78 Å². The number of carbonyl (C=O) groups is 1. The van der Waals surface area contributed by atoms with Crippen molar-refractivity contribution in [2.45, 2.75) is 26.2 Å². The van der Waals surface area contributed by atoms with E-state index in [9.17, 15) is 4.79 Å². The Labute approximate surface area is 128 Å². The molecule has 0 bridgehead atoms. The summed E-state index contributed by atoms with van der Waals surface area (Å²) in [6.45, 7) is 6.31. The van der Waals surface area contributed by atoms with Crippen LogP contribution in [0.25, 0.3) is 0 Å². The first-order chi connectivity index (χ1) is 9.75. The van der Waals surface area contributed by atoms with Gasteiger partial charge in [-0.3, -0.25) is 0 Å². The predicted molar refractivity (Wildman–Crippen MR) is 81.4 cm³/mol. The van der Waals surface area contributed by atoms with Crippen molar-refractivity contribution in [1.29, 1.82) is 0 Å². The lowest BCUT2D eigenvalue weighted by atomic mass is 9.87. The van der Waals surface area contributed by atoms with Crippen molar-refractivity contribution >= 4 is 17.6 Å². The molecule has 0 atom stereocenters. The number of aromatic nitrogens is 1. The second kappa shape index (κ2) is 5.74. The third-order valence-electron chi connectivity index (χ3n) is 2.94. The molecule has 0 fully saturated rings. The third kappa shape index (κ3) is 3.95. The number of hydrogen-bond acceptors (Lipinski definition) is 3. The molecule has 1 aromatic heterocycles. The molecule has 0 aliphatic heterocycles. The highest BCUT2D eigenvalue weighted by Gasteiger charge is 2.15. The van der Waals surface area contributed by atoms with Crippen molar-refractivity contribution in [2.24, 2.45) is 0 Å². The summed E-state index contributed by atoms with van der Waals surface area (Å²) in [5.74, 6) is -0.327. The smallest absolute Gasteiger partial charge is 0.335 e. The van der Waals surface area contributed by atoms with E-state index in [0.717, 1.165) is 5.56 Å². The number of pyridine rings is 1. The molecule has 5 heteroatoms. The monoisotopic (exact) mass is 305 g/mol. The van der Waals surface area contributed by atoms with E-state index in [1.165, 1.54) is 12.1 Å². The van der Waals surface area contributed by atoms with Crippen molar-refractivity contribution in [3.05, 3.63) is 52.7 Å². The van der Waals surface area contributed by atoms with Crippen molar-refractivity contribution in [3.63, 3.8) is 0 Å². The summed E-state index contributed by atoms with van der Waals surface area (Å²) < 4.78 is 5.63. The van der Waals surface area contributed by atoms with Gasteiger partial charge in [0.05, 0.1) is 5.56 Å². The molecule has 0 saturated heterocycles. The van der Waals surface area contributed by atoms with Gasteiger partial charge in [-0.1, -0.05) is 44.5 Å². The van der Waals surface area contributed by atoms with Crippen LogP contribution in [0.15, 0.2) is 36.4 Å². The summed E-state index contributed by atoms with van der Waals surface area (Å²) in [6, 6.07) is 10.2. The van der Waals surface area contributed by atoms with E-state index < -0.39 is 5.97 Å². The Balaban J connectivity index is 2.32. The van der Waals surface area contributed by atoms with Crippen molar-refractivity contribution in [3.8, 4) is 11.6 Å². The molecule has 1 heterocycles. The number of carboxylic acid groups (broad SMARTS) is 1. The lowest BCUT2D eigenvalue weighted by Gasteiger charge is -2.19. The molecule has 2 rings (SSSR count). The topological polar surface area (TPSA) is 59.4 Å². The average molecular weight is 306 g/mol. The molecule has 2 aromatic rings. The molecule has 0 spiro atoms. The first kappa shape index (κ1) is 15.3. The summed E-state index contributed by atoms with van der Waals surface area (Å²) >= 11 is 5.81. The van der Waals surface area contributed by atoms with E-state index in [2.05, 4.69) is 25.8 Å². The minimum atomic E-state index is -1.08. The number of benzene rings is 1. The van der Waals surface area contributed by atoms with Gasteiger partial charge in [-0.15, -0.1) is 0 Å². The molecule has 0 aliphatic carbocycles. The molecule has 0 unspecified atom stereocenters. The minimum Gasteiger partial charge on any atom is -0.478 e. The molecule has 21 heavy (non-hydrogen) atoms. The van der Waals surface area contributed by atoms with Gasteiger partial charge in [0.2, 0.25) is 5.88 Å². The molecule has 0 aliphatic rings. The SMILES string of the molecule is CC(C)(C)c1cccc(Oc2cc(C(=O)O)cc(Cl)n2)c1. The van der Waals surface area contributed by atoms with Gasteiger partial charge < -0.3 is 9.84 Å². The molecular formula is C16H16ClNO3. The lowest BCUT2D eigenvalue weighted by molar-refractivity contribution is 0.0696. The van der Waals surface area contributed by atoms with Gasteiger partial charge in [0, 0.05) is 6.07 Å². The largest absolute Gasteiger partial charge is 0.478 e. The second-order valence-electron chi connectivity index (χ2n) is 5.70. The predicted octanol–water partition coefficient (Wildman–Crippen LogP) is 4.52. The van der Waals surface area contributed by atoms with Gasteiger partial charge >= 0.3 is 5.97 Å². The third-order valence-corrected chi connectivity index (χ3v) is 3.13. The molecule has 1 N–H and O–H groups in total. The molecule has 0 amide bonds. The van der Waals surface area contributed by atoms with Crippen LogP contribution >= 0.6 is 11.6 Å². The van der Waals surface area contributed by atoms with Gasteiger partial charge in [0.25, 0.3) is 0 Å². The van der Waals surface area contributed by atoms with Crippen LogP contribution in [0.5, 0.6) is 11.6 Å². The second-order valence-corrected chi connectivity index (χ2v) is 6.09. The van der Waals surface area contributed by atoms with Crippen LogP contribution in [-0.4, -0.2) is 16.1 Å². The fraction of sp³-hybridized carbons (Fsp3) is 0.250. The number of aromatic carboxylic acids is 1. The minimum absolute atomic E-state index is 0.00659. The van der Waals surface area contributed by atoms with E-state index in [4.69, 9.17) is 21.4 Å². The average Bonchev–Trinajstić information content (AvgIpc) is 2.37. The van der Waals surface area contributed by atoms with Crippen LogP contribution in [0, 0.1) is 0 Å². The number of rotatable bonds is 3. The quantitative estimate of drug-likeness (QED) is 0.847. The highest BCUT2D eigenvalue weighted by Crippen LogP contribution is 2.28. The first-order valence-corrected chi connectivity index (χ1v) is 6.83. The summed E-state index contributed by atoms with van der Waals surface area (Å²) in [7, 11) is 0. The van der Waals surface area contributed by atoms with E-state index in [0.29, 0.717) is 5.75 Å². The van der Waals surface area contributed by atoms with E-state index in [1.54, 1.807) is 6.07 Å². The Bertz CT molecular complexity index is 677. The summed E-state index contributed by atoms with van der Waals surface area (Å²) in [4.78, 5) is 15.0. The Morgan fingerprint density at radius 3 is 2.57 bits per heavy atom. The molecule has 0 saturated carbocycles. The Hall–Kier alpha value is -2.07. The molecule has 4 nitrogen and oxygen atoms in total. The van der Waals surface area contributed by atoms with Gasteiger partial charge in [0.15, 0.2) is 0 Å². The molecule has 0 radical (unpaired) electrons. The van der Waals surface area contributed by atoms with E-state index >= 15 is 0 Å². The molecular weight excluding hydrogens is 290 g/mol. The Kier molecular flexibility index (Phi) is 4.19. The lowest BCUT2D eigenvalue weighted by Crippen LogP contribution is -2.10. The Morgan fingerprint density at radius 1 is 1.24 bits per heavy atom. The maximum Gasteiger partial charge on any atom is 0.335 e. The Morgan fingerprint density at radius 2 is 1.95 bits per heavy atom. The number of halogens is 1. The summed E-state index contributed by atoms with van der Waals surface area (Å²) in [6.07, 6.45) is 0. The van der Waals surface area contributed by atoms with Crippen LogP contribution in [0.4, 0.5) is 0 Å². The van der Waals surface area contributed by atoms with Crippen molar-refractivity contribution in [2.75, 3.05) is 0 Å².